The topological polar surface area (TPSA) is 116 Å². The number of benzene rings is 1. The van der Waals surface area contributed by atoms with Crippen LogP contribution in [0.2, 0.25) is 0 Å². The van der Waals surface area contributed by atoms with Crippen LogP contribution in [0, 0.1) is 5.82 Å². The molecule has 1 amide bonds. The van der Waals surface area contributed by atoms with E-state index in [1.807, 2.05) is 0 Å². The normalized spacial score (nSPS) is 12.5. The third-order valence-electron chi connectivity index (χ3n) is 5.05. The summed E-state index contributed by atoms with van der Waals surface area (Å²) in [6, 6.07) is 8.20. The molecule has 4 rings (SSSR count). The Labute approximate surface area is 189 Å². The number of aromatic nitrogens is 4. The van der Waals surface area contributed by atoms with Crippen molar-refractivity contribution in [2.45, 2.75) is 18.0 Å². The number of amides is 1. The van der Waals surface area contributed by atoms with E-state index in [9.17, 15) is 17.6 Å². The van der Waals surface area contributed by atoms with E-state index < -0.39 is 21.8 Å². The van der Waals surface area contributed by atoms with Gasteiger partial charge in [-0.1, -0.05) is 0 Å². The van der Waals surface area contributed by atoms with Crippen LogP contribution in [0.5, 0.6) is 5.88 Å². The molecule has 9 nitrogen and oxygen atoms in total. The van der Waals surface area contributed by atoms with Crippen LogP contribution in [0.3, 0.4) is 0 Å². The Hall–Kier alpha value is -3.86. The van der Waals surface area contributed by atoms with Crippen molar-refractivity contribution in [2.24, 2.45) is 0 Å². The highest BCUT2D eigenvalue weighted by Gasteiger charge is 2.20. The molecule has 0 aliphatic heterocycles. The van der Waals surface area contributed by atoms with Crippen LogP contribution in [-0.4, -0.2) is 47.4 Å². The maximum atomic E-state index is 13.3. The molecule has 3 aromatic heterocycles. The molecule has 0 spiro atoms. The summed E-state index contributed by atoms with van der Waals surface area (Å²) in [5.41, 5.74) is 2.00. The summed E-state index contributed by atoms with van der Waals surface area (Å²) in [6.07, 6.45) is 5.58. The van der Waals surface area contributed by atoms with Crippen LogP contribution in [0.15, 0.2) is 60.0 Å². The summed E-state index contributed by atoms with van der Waals surface area (Å²) in [6.45, 7) is 1.72. The second-order valence-electron chi connectivity index (χ2n) is 7.40. The quantitative estimate of drug-likeness (QED) is 0.462. The second-order valence-corrected chi connectivity index (χ2v) is 9.36. The fourth-order valence-electron chi connectivity index (χ4n) is 3.31. The monoisotopic (exact) mass is 469 g/mol. The minimum Gasteiger partial charge on any atom is -0.481 e. The van der Waals surface area contributed by atoms with E-state index in [0.29, 0.717) is 22.2 Å². The van der Waals surface area contributed by atoms with E-state index in [2.05, 4.69) is 20.4 Å². The van der Waals surface area contributed by atoms with Crippen molar-refractivity contribution in [2.75, 3.05) is 13.4 Å². The van der Waals surface area contributed by atoms with E-state index in [-0.39, 0.29) is 22.3 Å². The van der Waals surface area contributed by atoms with E-state index >= 15 is 0 Å². The van der Waals surface area contributed by atoms with Gasteiger partial charge in [0.2, 0.25) is 5.88 Å². The van der Waals surface area contributed by atoms with Crippen LogP contribution in [0.4, 0.5) is 4.39 Å². The molecule has 0 bridgehead atoms. The third-order valence-corrected chi connectivity index (χ3v) is 6.02. The smallest absolute Gasteiger partial charge is 0.254 e. The first-order valence-electron chi connectivity index (χ1n) is 9.82. The van der Waals surface area contributed by atoms with Gasteiger partial charge in [-0.2, -0.15) is 5.10 Å². The predicted molar refractivity (Wildman–Crippen MR) is 119 cm³/mol. The third kappa shape index (κ3) is 4.53. The highest BCUT2D eigenvalue weighted by molar-refractivity contribution is 7.90. The van der Waals surface area contributed by atoms with E-state index in [1.165, 1.54) is 37.7 Å². The molecular weight excluding hydrogens is 449 g/mol. The fourth-order valence-corrected chi connectivity index (χ4v) is 3.92. The van der Waals surface area contributed by atoms with Crippen molar-refractivity contribution < 1.29 is 22.3 Å². The molecule has 11 heteroatoms. The predicted octanol–water partition coefficient (Wildman–Crippen LogP) is 2.86. The highest BCUT2D eigenvalue weighted by Crippen LogP contribution is 2.24. The van der Waals surface area contributed by atoms with Gasteiger partial charge in [0.15, 0.2) is 14.9 Å². The Balaban J connectivity index is 1.65. The number of hydrogen-bond donors (Lipinski definition) is 1. The lowest BCUT2D eigenvalue weighted by Gasteiger charge is -2.16. The molecule has 0 unspecified atom stereocenters. The van der Waals surface area contributed by atoms with E-state index in [4.69, 9.17) is 4.74 Å². The zero-order chi connectivity index (χ0) is 23.8. The SMILES string of the molecule is COc1cc([C@H](C)NC(=O)c2cncc3c2cnn3-c2ccc(F)cc2)cc(S(C)(=O)=O)n1. The number of pyridine rings is 2. The van der Waals surface area contributed by atoms with E-state index in [0.717, 1.165) is 6.26 Å². The summed E-state index contributed by atoms with van der Waals surface area (Å²) >= 11 is 0. The maximum Gasteiger partial charge on any atom is 0.254 e. The number of ether oxygens (including phenoxy) is 1. The molecule has 170 valence electrons. The van der Waals surface area contributed by atoms with Crippen molar-refractivity contribution in [3.8, 4) is 11.6 Å². The van der Waals surface area contributed by atoms with Crippen molar-refractivity contribution in [1.29, 1.82) is 0 Å². The zero-order valence-electron chi connectivity index (χ0n) is 18.0. The lowest BCUT2D eigenvalue weighted by molar-refractivity contribution is 0.0941. The molecule has 0 radical (unpaired) electrons. The molecule has 0 fully saturated rings. The number of nitrogens with zero attached hydrogens (tertiary/aromatic N) is 4. The van der Waals surface area contributed by atoms with Gasteiger partial charge in [0.25, 0.3) is 5.91 Å². The molecule has 1 aromatic carbocycles. The lowest BCUT2D eigenvalue weighted by atomic mass is 10.1. The van der Waals surface area contributed by atoms with Crippen LogP contribution >= 0.6 is 0 Å². The first kappa shape index (κ1) is 22.3. The number of sulfone groups is 1. The first-order valence-corrected chi connectivity index (χ1v) is 11.7. The van der Waals surface area contributed by atoms with Crippen molar-refractivity contribution in [3.63, 3.8) is 0 Å². The molecule has 0 saturated carbocycles. The Kier molecular flexibility index (Phi) is 5.81. The summed E-state index contributed by atoms with van der Waals surface area (Å²) < 4.78 is 43.9. The fraction of sp³-hybridized carbons (Fsp3) is 0.182. The number of rotatable bonds is 6. The average Bonchev–Trinajstić information content (AvgIpc) is 3.22. The summed E-state index contributed by atoms with van der Waals surface area (Å²) in [5, 5.41) is 7.57. The van der Waals surface area contributed by atoms with Crippen LogP contribution in [0.25, 0.3) is 16.6 Å². The average molecular weight is 469 g/mol. The van der Waals surface area contributed by atoms with Crippen molar-refractivity contribution in [1.82, 2.24) is 25.1 Å². The largest absolute Gasteiger partial charge is 0.481 e. The van der Waals surface area contributed by atoms with Crippen LogP contribution < -0.4 is 10.1 Å². The van der Waals surface area contributed by atoms with Crippen LogP contribution in [0.1, 0.15) is 28.9 Å². The van der Waals surface area contributed by atoms with Crippen LogP contribution in [-0.2, 0) is 9.84 Å². The van der Waals surface area contributed by atoms with Gasteiger partial charge < -0.3 is 10.1 Å². The number of fused-ring (bicyclic) bond motifs is 1. The Morgan fingerprint density at radius 1 is 1.15 bits per heavy atom. The number of nitrogens with one attached hydrogen (secondary N) is 1. The summed E-state index contributed by atoms with van der Waals surface area (Å²) in [5.74, 6) is -0.663. The van der Waals surface area contributed by atoms with Gasteiger partial charge in [-0.25, -0.2) is 22.5 Å². The standard InChI is InChI=1S/C22H20FN5O4S/c1-13(14-8-20(32-2)27-21(9-14)33(3,30)31)26-22(29)18-10-24-12-19-17(18)11-25-28(19)16-6-4-15(23)5-7-16/h4-13H,1-3H3,(H,26,29)/t13-/m0/s1. The minimum atomic E-state index is -3.58. The molecule has 3 heterocycles. The van der Waals surface area contributed by atoms with Gasteiger partial charge in [-0.15, -0.1) is 0 Å². The Morgan fingerprint density at radius 2 is 1.88 bits per heavy atom. The molecule has 1 N–H and O–H groups in total. The van der Waals surface area contributed by atoms with E-state index in [1.54, 1.807) is 36.0 Å². The molecule has 0 aliphatic carbocycles. The minimum absolute atomic E-state index is 0.123. The molecular formula is C22H20FN5O4S. The molecule has 4 aromatic rings. The number of carbonyl (C=O) groups excluding carboxylic acids is 1. The van der Waals surface area contributed by atoms with Gasteiger partial charge in [0.1, 0.15) is 5.82 Å². The van der Waals surface area contributed by atoms with Gasteiger partial charge >= 0.3 is 0 Å². The first-order chi connectivity index (χ1) is 15.7. The van der Waals surface area contributed by atoms with Gasteiger partial charge in [0, 0.05) is 23.9 Å². The Bertz CT molecular complexity index is 1450. The summed E-state index contributed by atoms with van der Waals surface area (Å²) in [7, 11) is -2.19. The number of halogens is 1. The van der Waals surface area contributed by atoms with Crippen molar-refractivity contribution in [3.05, 3.63) is 71.9 Å². The van der Waals surface area contributed by atoms with Gasteiger partial charge in [-0.05, 0) is 42.8 Å². The highest BCUT2D eigenvalue weighted by atomic mass is 32.2. The molecule has 0 saturated heterocycles. The van der Waals surface area contributed by atoms with Crippen molar-refractivity contribution >= 4 is 26.6 Å². The lowest BCUT2D eigenvalue weighted by Crippen LogP contribution is -2.27. The molecule has 1 atom stereocenters. The second kappa shape index (κ2) is 8.58. The van der Waals surface area contributed by atoms with Gasteiger partial charge in [-0.3, -0.25) is 9.78 Å². The number of methoxy groups -OCH3 is 1. The number of hydrogen-bond acceptors (Lipinski definition) is 7. The number of carbonyl (C=O) groups is 1. The van der Waals surface area contributed by atoms with Gasteiger partial charge in [0.05, 0.1) is 42.3 Å². The summed E-state index contributed by atoms with van der Waals surface area (Å²) in [4.78, 5) is 21.2. The zero-order valence-corrected chi connectivity index (χ0v) is 18.8. The molecule has 0 aliphatic rings. The maximum absolute atomic E-state index is 13.3. The Morgan fingerprint density at radius 3 is 2.55 bits per heavy atom. The molecule has 33 heavy (non-hydrogen) atoms.